The van der Waals surface area contributed by atoms with Crippen LogP contribution >= 0.6 is 0 Å². The van der Waals surface area contributed by atoms with Crippen molar-refractivity contribution in [2.75, 3.05) is 0 Å². The predicted octanol–water partition coefficient (Wildman–Crippen LogP) is 3.52. The van der Waals surface area contributed by atoms with E-state index in [1.165, 1.54) is 5.56 Å². The fourth-order valence-electron chi connectivity index (χ4n) is 4.03. The Kier molecular flexibility index (Phi) is 3.36. The minimum atomic E-state index is -0.204. The first kappa shape index (κ1) is 14.5. The number of nitrogens with zero attached hydrogens (tertiary/aromatic N) is 3. The van der Waals surface area contributed by atoms with Gasteiger partial charge in [-0.15, -0.1) is 0 Å². The van der Waals surface area contributed by atoms with Crippen molar-refractivity contribution in [3.8, 4) is 23.5 Å². The quantitative estimate of drug-likeness (QED) is 0.656. The zero-order valence-corrected chi connectivity index (χ0v) is 13.2. The van der Waals surface area contributed by atoms with Gasteiger partial charge in [0.15, 0.2) is 6.19 Å². The summed E-state index contributed by atoms with van der Waals surface area (Å²) in [4.78, 5) is 7.76. The predicted molar refractivity (Wildman–Crippen MR) is 91.8 cm³/mol. The van der Waals surface area contributed by atoms with E-state index in [1.807, 2.05) is 24.4 Å². The van der Waals surface area contributed by atoms with E-state index in [2.05, 4.69) is 33.6 Å². The van der Waals surface area contributed by atoms with Gasteiger partial charge in [-0.3, -0.25) is 4.99 Å². The molecule has 118 valence electrons. The maximum absolute atomic E-state index is 9.13. The number of H-pyrrole nitrogens is 1. The van der Waals surface area contributed by atoms with Crippen LogP contribution in [-0.2, 0) is 5.41 Å². The van der Waals surface area contributed by atoms with Gasteiger partial charge in [0.05, 0.1) is 17.1 Å². The van der Waals surface area contributed by atoms with Crippen LogP contribution in [0.25, 0.3) is 11.3 Å². The number of nitrogens with one attached hydrogen (secondary N) is 2. The second-order valence-electron chi connectivity index (χ2n) is 6.48. The van der Waals surface area contributed by atoms with Crippen LogP contribution in [0, 0.1) is 22.8 Å². The molecule has 4 rings (SSSR count). The highest BCUT2D eigenvalue weighted by atomic mass is 15.0. The molecule has 1 aromatic heterocycles. The minimum Gasteiger partial charge on any atom is -0.346 e. The second-order valence-corrected chi connectivity index (χ2v) is 6.48. The van der Waals surface area contributed by atoms with Gasteiger partial charge in [-0.05, 0) is 48.2 Å². The van der Waals surface area contributed by atoms with Crippen molar-refractivity contribution in [3.63, 3.8) is 0 Å². The van der Waals surface area contributed by atoms with Crippen LogP contribution in [0.1, 0.15) is 36.9 Å². The molecule has 5 nitrogen and oxygen atoms in total. The summed E-state index contributed by atoms with van der Waals surface area (Å²) in [5, 5.41) is 21.1. The number of aliphatic imine (C=N–C) groups is 1. The molecule has 5 heteroatoms. The highest BCUT2D eigenvalue weighted by molar-refractivity contribution is 5.88. The molecule has 1 aromatic carbocycles. The molecule has 0 radical (unpaired) electrons. The minimum absolute atomic E-state index is 0.0924. The maximum atomic E-state index is 9.13. The van der Waals surface area contributed by atoms with E-state index >= 15 is 0 Å². The first-order valence-electron chi connectivity index (χ1n) is 8.21. The molecular weight excluding hydrogens is 298 g/mol. The zero-order chi connectivity index (χ0) is 16.6. The van der Waals surface area contributed by atoms with Crippen LogP contribution in [0.2, 0.25) is 0 Å². The summed E-state index contributed by atoms with van der Waals surface area (Å²) in [6, 6.07) is 12.1. The molecule has 0 amide bonds. The number of aromatic amines is 1. The highest BCUT2D eigenvalue weighted by Gasteiger charge is 2.45. The third kappa shape index (κ3) is 2.10. The number of rotatable bonds is 2. The summed E-state index contributed by atoms with van der Waals surface area (Å²) >= 11 is 0. The van der Waals surface area contributed by atoms with E-state index in [4.69, 9.17) is 10.5 Å². The molecule has 2 aliphatic rings. The zero-order valence-electron chi connectivity index (χ0n) is 13.2. The normalized spacial score (nSPS) is 24.3. The summed E-state index contributed by atoms with van der Waals surface area (Å²) in [6.45, 7) is 0. The standard InChI is InChI=1S/C19H17N5/c20-10-14-5-7-16(24-14)13-4-6-17-15(9-13)19(11-22-17)8-2-1-3-18(19)23-12-21/h4-7,9,11,18,23-24H,1-3,8H2. The maximum Gasteiger partial charge on any atom is 0.176 e. The monoisotopic (exact) mass is 315 g/mol. The molecule has 1 fully saturated rings. The molecule has 2 N–H and O–H groups in total. The van der Waals surface area contributed by atoms with E-state index < -0.39 is 0 Å². The molecule has 0 bridgehead atoms. The van der Waals surface area contributed by atoms with Crippen LogP contribution in [-0.4, -0.2) is 17.2 Å². The number of hydrogen-bond acceptors (Lipinski definition) is 4. The van der Waals surface area contributed by atoms with E-state index in [-0.39, 0.29) is 11.5 Å². The van der Waals surface area contributed by atoms with Crippen LogP contribution in [0.5, 0.6) is 0 Å². The summed E-state index contributed by atoms with van der Waals surface area (Å²) in [7, 11) is 0. The molecule has 2 unspecified atom stereocenters. The van der Waals surface area contributed by atoms with Crippen molar-refractivity contribution < 1.29 is 0 Å². The van der Waals surface area contributed by atoms with Gasteiger partial charge in [-0.2, -0.15) is 10.5 Å². The van der Waals surface area contributed by atoms with E-state index in [0.29, 0.717) is 5.69 Å². The Balaban J connectivity index is 1.79. The molecule has 24 heavy (non-hydrogen) atoms. The number of hydrogen-bond donors (Lipinski definition) is 2. The lowest BCUT2D eigenvalue weighted by atomic mass is 9.67. The largest absolute Gasteiger partial charge is 0.346 e. The molecule has 1 aliphatic heterocycles. The van der Waals surface area contributed by atoms with Gasteiger partial charge in [0.25, 0.3) is 0 Å². The molecular formula is C19H17N5. The highest BCUT2D eigenvalue weighted by Crippen LogP contribution is 2.47. The average molecular weight is 315 g/mol. The van der Waals surface area contributed by atoms with E-state index in [0.717, 1.165) is 42.6 Å². The Bertz CT molecular complexity index is 895. The lowest BCUT2D eigenvalue weighted by Crippen LogP contribution is -2.49. The Morgan fingerprint density at radius 2 is 2.12 bits per heavy atom. The van der Waals surface area contributed by atoms with E-state index in [9.17, 15) is 0 Å². The lowest BCUT2D eigenvalue weighted by molar-refractivity contribution is 0.310. The Morgan fingerprint density at radius 1 is 1.21 bits per heavy atom. The molecule has 1 aliphatic carbocycles. The Hall–Kier alpha value is -3.05. The van der Waals surface area contributed by atoms with Crippen LogP contribution in [0.15, 0.2) is 35.3 Å². The molecule has 0 saturated heterocycles. The van der Waals surface area contributed by atoms with Crippen molar-refractivity contribution in [2.45, 2.75) is 37.1 Å². The first-order valence-corrected chi connectivity index (χ1v) is 8.21. The molecule has 2 aromatic rings. The summed E-state index contributed by atoms with van der Waals surface area (Å²) in [5.74, 6) is 0. The smallest absolute Gasteiger partial charge is 0.176 e. The average Bonchev–Trinajstić information content (AvgIpc) is 3.23. The van der Waals surface area contributed by atoms with Gasteiger partial charge in [0.1, 0.15) is 11.8 Å². The molecule has 2 heterocycles. The van der Waals surface area contributed by atoms with E-state index in [1.54, 1.807) is 6.07 Å². The summed E-state index contributed by atoms with van der Waals surface area (Å²) < 4.78 is 0. The van der Waals surface area contributed by atoms with Crippen LogP contribution in [0.3, 0.4) is 0 Å². The van der Waals surface area contributed by atoms with Crippen molar-refractivity contribution in [2.24, 2.45) is 4.99 Å². The molecule has 1 spiro atoms. The number of benzene rings is 1. The van der Waals surface area contributed by atoms with Gasteiger partial charge in [0.2, 0.25) is 0 Å². The van der Waals surface area contributed by atoms with Crippen LogP contribution in [0.4, 0.5) is 5.69 Å². The summed E-state index contributed by atoms with van der Waals surface area (Å²) in [5.41, 5.74) is 4.49. The van der Waals surface area contributed by atoms with Crippen molar-refractivity contribution in [1.29, 1.82) is 10.5 Å². The van der Waals surface area contributed by atoms with Gasteiger partial charge >= 0.3 is 0 Å². The number of fused-ring (bicyclic) bond motifs is 2. The summed E-state index contributed by atoms with van der Waals surface area (Å²) in [6.07, 6.45) is 8.40. The second kappa shape index (κ2) is 5.54. The Labute approximate surface area is 140 Å². The molecule has 2 atom stereocenters. The SMILES string of the molecule is N#CNC1CCCCC12C=Nc1ccc(-c3ccc(C#N)[nH]3)cc12. The van der Waals surface area contributed by atoms with Gasteiger partial charge in [0, 0.05) is 11.9 Å². The lowest BCUT2D eigenvalue weighted by Gasteiger charge is -2.39. The van der Waals surface area contributed by atoms with Gasteiger partial charge < -0.3 is 10.3 Å². The first-order chi connectivity index (χ1) is 11.8. The fraction of sp³-hybridized carbons (Fsp3) is 0.316. The third-order valence-corrected chi connectivity index (χ3v) is 5.24. The van der Waals surface area contributed by atoms with Gasteiger partial charge in [-0.25, -0.2) is 0 Å². The number of nitriles is 2. The fourth-order valence-corrected chi connectivity index (χ4v) is 4.03. The number of aromatic nitrogens is 1. The van der Waals surface area contributed by atoms with Crippen molar-refractivity contribution >= 4 is 11.9 Å². The topological polar surface area (TPSA) is 87.8 Å². The Morgan fingerprint density at radius 3 is 2.92 bits per heavy atom. The third-order valence-electron chi connectivity index (χ3n) is 5.24. The molecule has 1 saturated carbocycles. The van der Waals surface area contributed by atoms with Crippen molar-refractivity contribution in [3.05, 3.63) is 41.6 Å². The van der Waals surface area contributed by atoms with Gasteiger partial charge in [-0.1, -0.05) is 18.9 Å². The van der Waals surface area contributed by atoms with Crippen LogP contribution < -0.4 is 5.32 Å². The van der Waals surface area contributed by atoms with Crippen molar-refractivity contribution in [1.82, 2.24) is 10.3 Å².